The average molecular weight is 282 g/mol. The Balaban J connectivity index is 2.40. The number of rotatable bonds is 4. The molecule has 1 unspecified atom stereocenters. The molecule has 1 atom stereocenters. The summed E-state index contributed by atoms with van der Waals surface area (Å²) in [7, 11) is 0. The first-order valence-electron chi connectivity index (χ1n) is 6.40. The standard InChI is InChI=1S/C14H17ClFN3/c1-4-5-13-17-18-14(15)19(13)10(3)11-7-6-9(2)12(16)8-11/h6-8,10H,4-5H2,1-3H3. The summed E-state index contributed by atoms with van der Waals surface area (Å²) in [4.78, 5) is 0. The normalized spacial score (nSPS) is 12.7. The molecule has 0 N–H and O–H groups in total. The van der Waals surface area contributed by atoms with Crippen molar-refractivity contribution < 1.29 is 4.39 Å². The second-order valence-corrected chi connectivity index (χ2v) is 5.03. The van der Waals surface area contributed by atoms with Gasteiger partial charge in [-0.2, -0.15) is 0 Å². The third-order valence-electron chi connectivity index (χ3n) is 3.26. The molecule has 0 spiro atoms. The molecular weight excluding hydrogens is 265 g/mol. The Morgan fingerprint density at radius 3 is 2.74 bits per heavy atom. The number of benzene rings is 1. The van der Waals surface area contributed by atoms with E-state index >= 15 is 0 Å². The summed E-state index contributed by atoms with van der Waals surface area (Å²) in [6, 6.07) is 5.15. The van der Waals surface area contributed by atoms with Crippen LogP contribution in [0.15, 0.2) is 18.2 Å². The maximum Gasteiger partial charge on any atom is 0.225 e. The van der Waals surface area contributed by atoms with Crippen LogP contribution in [0.5, 0.6) is 0 Å². The van der Waals surface area contributed by atoms with Crippen LogP contribution < -0.4 is 0 Å². The number of nitrogens with zero attached hydrogens (tertiary/aromatic N) is 3. The van der Waals surface area contributed by atoms with Crippen molar-refractivity contribution in [2.45, 2.75) is 39.7 Å². The van der Waals surface area contributed by atoms with E-state index < -0.39 is 0 Å². The van der Waals surface area contributed by atoms with Crippen LogP contribution in [-0.4, -0.2) is 14.8 Å². The molecule has 0 aliphatic rings. The summed E-state index contributed by atoms with van der Waals surface area (Å²) in [5, 5.41) is 8.33. The van der Waals surface area contributed by atoms with Gasteiger partial charge in [-0.25, -0.2) is 4.39 Å². The molecule has 1 heterocycles. The third-order valence-corrected chi connectivity index (χ3v) is 3.52. The number of halogens is 2. The Bertz CT molecular complexity index is 580. The minimum Gasteiger partial charge on any atom is -0.294 e. The van der Waals surface area contributed by atoms with Gasteiger partial charge in [0, 0.05) is 6.42 Å². The van der Waals surface area contributed by atoms with Crippen LogP contribution in [0, 0.1) is 12.7 Å². The molecule has 0 radical (unpaired) electrons. The predicted octanol–water partition coefficient (Wildman–Crippen LogP) is 3.94. The second kappa shape index (κ2) is 5.70. The van der Waals surface area contributed by atoms with Gasteiger partial charge in [0.15, 0.2) is 0 Å². The molecule has 19 heavy (non-hydrogen) atoms. The largest absolute Gasteiger partial charge is 0.294 e. The van der Waals surface area contributed by atoms with Gasteiger partial charge in [-0.3, -0.25) is 4.57 Å². The Hall–Kier alpha value is -1.42. The second-order valence-electron chi connectivity index (χ2n) is 4.69. The van der Waals surface area contributed by atoms with Gasteiger partial charge >= 0.3 is 0 Å². The summed E-state index contributed by atoms with van der Waals surface area (Å²) in [6.07, 6.45) is 1.77. The molecule has 0 saturated heterocycles. The van der Waals surface area contributed by atoms with Gasteiger partial charge in [-0.05, 0) is 49.1 Å². The maximum absolute atomic E-state index is 13.7. The molecule has 3 nitrogen and oxygen atoms in total. The predicted molar refractivity (Wildman–Crippen MR) is 74.0 cm³/mol. The molecule has 0 aliphatic carbocycles. The van der Waals surface area contributed by atoms with E-state index in [4.69, 9.17) is 11.6 Å². The van der Waals surface area contributed by atoms with Crippen molar-refractivity contribution in [1.29, 1.82) is 0 Å². The van der Waals surface area contributed by atoms with E-state index in [0.29, 0.717) is 10.8 Å². The van der Waals surface area contributed by atoms with Gasteiger partial charge < -0.3 is 0 Å². The molecule has 102 valence electrons. The number of hydrogen-bond donors (Lipinski definition) is 0. The zero-order valence-corrected chi connectivity index (χ0v) is 12.1. The van der Waals surface area contributed by atoms with Crippen molar-refractivity contribution >= 4 is 11.6 Å². The lowest BCUT2D eigenvalue weighted by Gasteiger charge is -2.17. The molecule has 0 amide bonds. The highest BCUT2D eigenvalue weighted by molar-refractivity contribution is 6.28. The highest BCUT2D eigenvalue weighted by atomic mass is 35.5. The fourth-order valence-corrected chi connectivity index (χ4v) is 2.38. The highest BCUT2D eigenvalue weighted by Crippen LogP contribution is 2.25. The lowest BCUT2D eigenvalue weighted by atomic mass is 10.1. The molecule has 0 saturated carbocycles. The molecule has 0 bridgehead atoms. The number of aryl methyl sites for hydroxylation is 2. The van der Waals surface area contributed by atoms with Crippen LogP contribution in [0.25, 0.3) is 0 Å². The van der Waals surface area contributed by atoms with Crippen LogP contribution in [0.4, 0.5) is 4.39 Å². The van der Waals surface area contributed by atoms with Crippen LogP contribution in [0.3, 0.4) is 0 Å². The van der Waals surface area contributed by atoms with E-state index in [1.54, 1.807) is 19.1 Å². The van der Waals surface area contributed by atoms with Crippen LogP contribution in [0.1, 0.15) is 43.3 Å². The Morgan fingerprint density at radius 2 is 2.11 bits per heavy atom. The minimum absolute atomic E-state index is 0.0841. The Kier molecular flexibility index (Phi) is 4.20. The first-order chi connectivity index (χ1) is 9.04. The summed E-state index contributed by atoms with van der Waals surface area (Å²) >= 11 is 6.09. The van der Waals surface area contributed by atoms with Crippen LogP contribution in [-0.2, 0) is 6.42 Å². The van der Waals surface area contributed by atoms with E-state index in [-0.39, 0.29) is 11.9 Å². The Morgan fingerprint density at radius 1 is 1.37 bits per heavy atom. The SMILES string of the molecule is CCCc1nnc(Cl)n1C(C)c1ccc(C)c(F)c1. The number of hydrogen-bond acceptors (Lipinski definition) is 2. The lowest BCUT2D eigenvalue weighted by molar-refractivity contribution is 0.579. The molecule has 2 rings (SSSR count). The highest BCUT2D eigenvalue weighted by Gasteiger charge is 2.17. The Labute approximate surface area is 117 Å². The van der Waals surface area contributed by atoms with E-state index in [2.05, 4.69) is 17.1 Å². The molecule has 0 fully saturated rings. The quantitative estimate of drug-likeness (QED) is 0.850. The van der Waals surface area contributed by atoms with Crippen LogP contribution in [0.2, 0.25) is 5.28 Å². The van der Waals surface area contributed by atoms with Crippen LogP contribution >= 0.6 is 11.6 Å². The maximum atomic E-state index is 13.7. The van der Waals surface area contributed by atoms with E-state index in [1.165, 1.54) is 0 Å². The molecule has 2 aromatic rings. The van der Waals surface area contributed by atoms with Crippen molar-refractivity contribution in [2.75, 3.05) is 0 Å². The lowest BCUT2D eigenvalue weighted by Crippen LogP contribution is -2.11. The molecule has 1 aromatic carbocycles. The van der Waals surface area contributed by atoms with Gasteiger partial charge in [-0.15, -0.1) is 10.2 Å². The van der Waals surface area contributed by atoms with E-state index in [0.717, 1.165) is 24.2 Å². The van der Waals surface area contributed by atoms with Crippen molar-refractivity contribution in [3.63, 3.8) is 0 Å². The fourth-order valence-electron chi connectivity index (χ4n) is 2.10. The summed E-state index contributed by atoms with van der Waals surface area (Å²) < 4.78 is 15.5. The molecular formula is C14H17ClFN3. The molecule has 5 heteroatoms. The summed E-state index contributed by atoms with van der Waals surface area (Å²) in [5.74, 6) is 0.631. The zero-order chi connectivity index (χ0) is 14.0. The van der Waals surface area contributed by atoms with Crippen molar-refractivity contribution in [1.82, 2.24) is 14.8 Å². The minimum atomic E-state index is -0.203. The third kappa shape index (κ3) is 2.78. The smallest absolute Gasteiger partial charge is 0.225 e. The topological polar surface area (TPSA) is 30.7 Å². The van der Waals surface area contributed by atoms with Gasteiger partial charge in [0.25, 0.3) is 0 Å². The first kappa shape index (κ1) is 14.0. The zero-order valence-electron chi connectivity index (χ0n) is 11.3. The van der Waals surface area contributed by atoms with Gasteiger partial charge in [0.2, 0.25) is 5.28 Å². The average Bonchev–Trinajstić information content (AvgIpc) is 2.74. The summed E-state index contributed by atoms with van der Waals surface area (Å²) in [5.41, 5.74) is 1.50. The van der Waals surface area contributed by atoms with E-state index in [9.17, 15) is 4.39 Å². The van der Waals surface area contributed by atoms with Crippen molar-refractivity contribution in [2.24, 2.45) is 0 Å². The van der Waals surface area contributed by atoms with Gasteiger partial charge in [-0.1, -0.05) is 19.1 Å². The molecule has 1 aromatic heterocycles. The molecule has 0 aliphatic heterocycles. The number of aromatic nitrogens is 3. The van der Waals surface area contributed by atoms with Gasteiger partial charge in [0.05, 0.1) is 6.04 Å². The van der Waals surface area contributed by atoms with E-state index in [1.807, 2.05) is 17.6 Å². The van der Waals surface area contributed by atoms with Gasteiger partial charge in [0.1, 0.15) is 11.6 Å². The summed E-state index contributed by atoms with van der Waals surface area (Å²) in [6.45, 7) is 5.79. The monoisotopic (exact) mass is 281 g/mol. The van der Waals surface area contributed by atoms with Crippen molar-refractivity contribution in [3.8, 4) is 0 Å². The first-order valence-corrected chi connectivity index (χ1v) is 6.77. The fraction of sp³-hybridized carbons (Fsp3) is 0.429. The van der Waals surface area contributed by atoms with Crippen molar-refractivity contribution in [3.05, 3.63) is 46.3 Å².